The molecule has 2 aromatic rings. The zero-order valence-corrected chi connectivity index (χ0v) is 14.0. The fourth-order valence-electron chi connectivity index (χ4n) is 1.70. The van der Waals surface area contributed by atoms with E-state index in [1.807, 2.05) is 24.3 Å². The van der Waals surface area contributed by atoms with Crippen molar-refractivity contribution in [3.63, 3.8) is 0 Å². The second kappa shape index (κ2) is 6.50. The van der Waals surface area contributed by atoms with Gasteiger partial charge in [0.05, 0.1) is 6.04 Å². The van der Waals surface area contributed by atoms with Crippen molar-refractivity contribution >= 4 is 54.8 Å². The number of hydrogen-bond donors (Lipinski definition) is 2. The monoisotopic (exact) mass is 408 g/mol. The molecule has 96 valence electrons. The van der Waals surface area contributed by atoms with E-state index in [4.69, 9.17) is 17.4 Å². The Balaban J connectivity index is 2.26. The Kier molecular flexibility index (Phi) is 5.24. The number of benzene rings is 1. The van der Waals surface area contributed by atoms with E-state index in [1.165, 1.54) is 4.88 Å². The molecule has 6 heteroatoms. The Hall–Kier alpha value is 0.0900. The molecular weight excluding hydrogens is 399 g/mol. The molecule has 1 heterocycles. The van der Waals surface area contributed by atoms with Crippen LogP contribution >= 0.6 is 54.8 Å². The summed E-state index contributed by atoms with van der Waals surface area (Å²) in [5.74, 6) is 5.66. The van der Waals surface area contributed by atoms with Crippen molar-refractivity contribution in [3.05, 3.63) is 54.1 Å². The topological polar surface area (TPSA) is 38.0 Å². The second-order valence-electron chi connectivity index (χ2n) is 3.78. The van der Waals surface area contributed by atoms with Crippen molar-refractivity contribution in [2.75, 3.05) is 0 Å². The summed E-state index contributed by atoms with van der Waals surface area (Å²) in [6.45, 7) is 0. The summed E-state index contributed by atoms with van der Waals surface area (Å²) in [4.78, 5) is 1.26. The first-order valence-corrected chi connectivity index (χ1v) is 8.09. The van der Waals surface area contributed by atoms with E-state index >= 15 is 0 Å². The molecule has 1 aromatic heterocycles. The van der Waals surface area contributed by atoms with Gasteiger partial charge in [0.1, 0.15) is 0 Å². The van der Waals surface area contributed by atoms with Gasteiger partial charge in [-0.1, -0.05) is 33.6 Å². The number of hydrogen-bond acceptors (Lipinski definition) is 3. The highest BCUT2D eigenvalue weighted by Gasteiger charge is 2.16. The normalized spacial score (nSPS) is 12.7. The van der Waals surface area contributed by atoms with E-state index in [0.29, 0.717) is 5.02 Å². The van der Waals surface area contributed by atoms with Crippen LogP contribution in [-0.4, -0.2) is 0 Å². The molecule has 3 N–H and O–H groups in total. The Morgan fingerprint density at radius 3 is 2.61 bits per heavy atom. The quantitative estimate of drug-likeness (QED) is 0.568. The second-order valence-corrected chi connectivity index (χ2v) is 6.93. The van der Waals surface area contributed by atoms with E-state index in [1.54, 1.807) is 11.3 Å². The number of thiophene rings is 1. The lowest BCUT2D eigenvalue weighted by atomic mass is 10.0. The third-order valence-electron chi connectivity index (χ3n) is 2.62. The zero-order valence-electron chi connectivity index (χ0n) is 9.29. The molecule has 0 radical (unpaired) electrons. The number of rotatable bonds is 4. The van der Waals surface area contributed by atoms with Crippen LogP contribution in [0.1, 0.15) is 16.5 Å². The van der Waals surface area contributed by atoms with Gasteiger partial charge in [-0.15, -0.1) is 11.3 Å². The Labute approximate surface area is 132 Å². The van der Waals surface area contributed by atoms with Crippen molar-refractivity contribution in [2.45, 2.75) is 12.5 Å². The summed E-state index contributed by atoms with van der Waals surface area (Å²) in [5, 5.41) is 2.77. The Morgan fingerprint density at radius 2 is 2.06 bits per heavy atom. The van der Waals surface area contributed by atoms with Gasteiger partial charge in [-0.05, 0) is 45.1 Å². The van der Waals surface area contributed by atoms with Gasteiger partial charge in [-0.25, -0.2) is 0 Å². The molecule has 2 rings (SSSR count). The summed E-state index contributed by atoms with van der Waals surface area (Å²) < 4.78 is 2.09. The molecule has 0 saturated heterocycles. The number of nitrogens with one attached hydrogen (secondary N) is 1. The van der Waals surface area contributed by atoms with Crippen molar-refractivity contribution in [2.24, 2.45) is 5.84 Å². The number of hydrazine groups is 1. The highest BCUT2D eigenvalue weighted by molar-refractivity contribution is 9.10. The van der Waals surface area contributed by atoms with Gasteiger partial charge >= 0.3 is 0 Å². The molecule has 0 saturated carbocycles. The molecule has 0 amide bonds. The summed E-state index contributed by atoms with van der Waals surface area (Å²) >= 11 is 14.7. The van der Waals surface area contributed by atoms with Gasteiger partial charge in [0.15, 0.2) is 0 Å². The zero-order chi connectivity index (χ0) is 13.1. The average molecular weight is 411 g/mol. The molecule has 0 fully saturated rings. The predicted molar refractivity (Wildman–Crippen MR) is 84.9 cm³/mol. The molecule has 2 nitrogen and oxygen atoms in total. The van der Waals surface area contributed by atoms with Crippen LogP contribution < -0.4 is 11.3 Å². The lowest BCUT2D eigenvalue weighted by molar-refractivity contribution is 0.553. The van der Waals surface area contributed by atoms with Gasteiger partial charge < -0.3 is 0 Å². The molecule has 1 atom stereocenters. The fraction of sp³-hybridized carbons (Fsp3) is 0.167. The van der Waals surface area contributed by atoms with Crippen LogP contribution in [0.25, 0.3) is 0 Å². The fourth-order valence-corrected chi connectivity index (χ4v) is 4.22. The van der Waals surface area contributed by atoms with Crippen molar-refractivity contribution in [3.8, 4) is 0 Å². The predicted octanol–water partition coefficient (Wildman–Crippen LogP) is 4.67. The molecule has 1 unspecified atom stereocenters. The third kappa shape index (κ3) is 3.35. The van der Waals surface area contributed by atoms with Crippen LogP contribution in [0.5, 0.6) is 0 Å². The third-order valence-corrected chi connectivity index (χ3v) is 5.49. The van der Waals surface area contributed by atoms with E-state index in [9.17, 15) is 0 Å². The smallest absolute Gasteiger partial charge is 0.0519 e. The summed E-state index contributed by atoms with van der Waals surface area (Å²) in [7, 11) is 0. The maximum absolute atomic E-state index is 5.95. The maximum atomic E-state index is 5.95. The first kappa shape index (κ1) is 14.5. The molecule has 0 aliphatic carbocycles. The van der Waals surface area contributed by atoms with Crippen LogP contribution in [0.3, 0.4) is 0 Å². The van der Waals surface area contributed by atoms with Gasteiger partial charge in [0.25, 0.3) is 0 Å². The first-order valence-electron chi connectivity index (χ1n) is 5.24. The lowest BCUT2D eigenvalue weighted by Gasteiger charge is -2.17. The largest absolute Gasteiger partial charge is 0.271 e. The van der Waals surface area contributed by atoms with Gasteiger partial charge in [0.2, 0.25) is 0 Å². The molecular formula is C12H11Br2ClN2S. The summed E-state index contributed by atoms with van der Waals surface area (Å²) in [6.07, 6.45) is 0.828. The number of halogens is 3. The van der Waals surface area contributed by atoms with Crippen LogP contribution in [0.15, 0.2) is 38.6 Å². The van der Waals surface area contributed by atoms with Crippen LogP contribution in [-0.2, 0) is 6.42 Å². The SMILES string of the molecule is NNC(Cc1sccc1Br)c1ccc(Cl)cc1Br. The Bertz CT molecular complexity index is 545. The van der Waals surface area contributed by atoms with Crippen LogP contribution in [0, 0.1) is 0 Å². The van der Waals surface area contributed by atoms with E-state index in [2.05, 4.69) is 42.7 Å². The number of nitrogens with two attached hydrogens (primary N) is 1. The average Bonchev–Trinajstić information content (AvgIpc) is 2.73. The molecule has 1 aromatic carbocycles. The van der Waals surface area contributed by atoms with E-state index < -0.39 is 0 Å². The standard InChI is InChI=1S/C12H11Br2ClN2S/c13-9-3-4-18-12(9)6-11(17-16)8-2-1-7(15)5-10(8)14/h1-5,11,17H,6,16H2. The highest BCUT2D eigenvalue weighted by Crippen LogP contribution is 2.32. The van der Waals surface area contributed by atoms with Gasteiger partial charge in [-0.3, -0.25) is 11.3 Å². The minimum Gasteiger partial charge on any atom is -0.271 e. The van der Waals surface area contributed by atoms with Crippen molar-refractivity contribution < 1.29 is 0 Å². The maximum Gasteiger partial charge on any atom is 0.0519 e. The Morgan fingerprint density at radius 1 is 1.28 bits per heavy atom. The van der Waals surface area contributed by atoms with Crippen molar-refractivity contribution in [1.29, 1.82) is 0 Å². The first-order chi connectivity index (χ1) is 8.61. The molecule has 0 aliphatic heterocycles. The molecule has 0 bridgehead atoms. The summed E-state index contributed by atoms with van der Waals surface area (Å²) in [5.41, 5.74) is 3.96. The minimum absolute atomic E-state index is 0.0478. The highest BCUT2D eigenvalue weighted by atomic mass is 79.9. The van der Waals surface area contributed by atoms with E-state index in [-0.39, 0.29) is 6.04 Å². The molecule has 18 heavy (non-hydrogen) atoms. The van der Waals surface area contributed by atoms with Crippen molar-refractivity contribution in [1.82, 2.24) is 5.43 Å². The van der Waals surface area contributed by atoms with E-state index in [0.717, 1.165) is 20.9 Å². The van der Waals surface area contributed by atoms with Gasteiger partial charge in [-0.2, -0.15) is 0 Å². The van der Waals surface area contributed by atoms with Crippen LogP contribution in [0.2, 0.25) is 5.02 Å². The minimum atomic E-state index is 0.0478. The molecule has 0 spiro atoms. The molecule has 0 aliphatic rings. The van der Waals surface area contributed by atoms with Gasteiger partial charge in [0, 0.05) is 25.3 Å². The lowest BCUT2D eigenvalue weighted by Crippen LogP contribution is -2.29. The van der Waals surface area contributed by atoms with Crippen LogP contribution in [0.4, 0.5) is 0 Å². The summed E-state index contributed by atoms with van der Waals surface area (Å²) in [6, 6.07) is 7.83.